The van der Waals surface area contributed by atoms with Gasteiger partial charge < -0.3 is 9.32 Å². The Labute approximate surface area is 126 Å². The fraction of sp³-hybridized carbons (Fsp3) is 0.571. The van der Waals surface area contributed by atoms with Gasteiger partial charge in [-0.3, -0.25) is 9.48 Å². The highest BCUT2D eigenvalue weighted by Gasteiger charge is 2.30. The van der Waals surface area contributed by atoms with Gasteiger partial charge >= 0.3 is 5.76 Å². The molecular weight excluding hydrogens is 286 g/mol. The van der Waals surface area contributed by atoms with Crippen molar-refractivity contribution >= 4 is 5.91 Å². The summed E-state index contributed by atoms with van der Waals surface area (Å²) in [4.78, 5) is 25.5. The molecule has 4 heterocycles. The maximum absolute atomic E-state index is 12.6. The molecule has 0 spiro atoms. The molecule has 1 saturated heterocycles. The molecule has 0 aromatic carbocycles. The number of rotatable bonds is 2. The number of amides is 1. The van der Waals surface area contributed by atoms with Crippen LogP contribution in [-0.2, 0) is 13.0 Å². The first-order chi connectivity index (χ1) is 10.7. The van der Waals surface area contributed by atoms with Crippen LogP contribution in [0.2, 0.25) is 0 Å². The van der Waals surface area contributed by atoms with Gasteiger partial charge in [0.1, 0.15) is 0 Å². The second-order valence-corrected chi connectivity index (χ2v) is 5.85. The first kappa shape index (κ1) is 13.3. The molecule has 0 unspecified atom stereocenters. The molecule has 2 aliphatic rings. The van der Waals surface area contributed by atoms with Gasteiger partial charge in [-0.2, -0.15) is 5.10 Å². The lowest BCUT2D eigenvalue weighted by Crippen LogP contribution is -2.38. The number of hydrogen-bond donors (Lipinski definition) is 1. The van der Waals surface area contributed by atoms with Gasteiger partial charge in [0.25, 0.3) is 5.91 Å². The molecule has 1 N–H and O–H groups in total. The van der Waals surface area contributed by atoms with Crippen molar-refractivity contribution in [3.05, 3.63) is 33.9 Å². The zero-order chi connectivity index (χ0) is 15.1. The lowest BCUT2D eigenvalue weighted by molar-refractivity contribution is 0.0705. The number of piperidine rings is 1. The van der Waals surface area contributed by atoms with E-state index in [2.05, 4.69) is 15.3 Å². The van der Waals surface area contributed by atoms with Gasteiger partial charge in [0.05, 0.1) is 17.5 Å². The summed E-state index contributed by atoms with van der Waals surface area (Å²) in [5.41, 5.74) is 1.80. The van der Waals surface area contributed by atoms with Crippen molar-refractivity contribution in [2.24, 2.45) is 0 Å². The molecule has 0 atom stereocenters. The van der Waals surface area contributed by atoms with Crippen LogP contribution in [0.25, 0.3) is 0 Å². The van der Waals surface area contributed by atoms with Gasteiger partial charge in [0.15, 0.2) is 0 Å². The van der Waals surface area contributed by atoms with Crippen LogP contribution in [0.3, 0.4) is 0 Å². The third kappa shape index (κ3) is 2.15. The number of carbonyl (C=O) groups excluding carboxylic acids is 1. The Morgan fingerprint density at radius 1 is 1.32 bits per heavy atom. The van der Waals surface area contributed by atoms with E-state index in [-0.39, 0.29) is 11.8 Å². The van der Waals surface area contributed by atoms with Crippen LogP contribution < -0.4 is 5.76 Å². The largest absolute Gasteiger partial charge is 0.434 e. The fourth-order valence-electron chi connectivity index (χ4n) is 3.36. The molecule has 0 bridgehead atoms. The van der Waals surface area contributed by atoms with Crippen LogP contribution in [0.5, 0.6) is 0 Å². The topological polar surface area (TPSA) is 97.0 Å². The Morgan fingerprint density at radius 2 is 2.14 bits per heavy atom. The van der Waals surface area contributed by atoms with Crippen molar-refractivity contribution in [2.45, 2.75) is 38.1 Å². The molecule has 2 aromatic heterocycles. The Bertz CT molecular complexity index is 751. The van der Waals surface area contributed by atoms with Gasteiger partial charge in [0.2, 0.25) is 5.89 Å². The smallest absolute Gasteiger partial charge is 0.392 e. The average molecular weight is 303 g/mol. The number of nitrogens with zero attached hydrogens (tertiary/aromatic N) is 4. The highest BCUT2D eigenvalue weighted by molar-refractivity contribution is 5.95. The predicted molar refractivity (Wildman–Crippen MR) is 75.6 cm³/mol. The summed E-state index contributed by atoms with van der Waals surface area (Å²) in [5.74, 6) is 0.0819. The maximum atomic E-state index is 12.6. The maximum Gasteiger partial charge on any atom is 0.434 e. The van der Waals surface area contributed by atoms with Crippen LogP contribution >= 0.6 is 0 Å². The number of aryl methyl sites for hydroxylation is 1. The third-order valence-corrected chi connectivity index (χ3v) is 4.55. The summed E-state index contributed by atoms with van der Waals surface area (Å²) in [5, 5.41) is 10.5. The van der Waals surface area contributed by atoms with E-state index in [0.29, 0.717) is 19.0 Å². The number of aromatic nitrogens is 4. The van der Waals surface area contributed by atoms with E-state index in [0.717, 1.165) is 43.5 Å². The van der Waals surface area contributed by atoms with Crippen molar-refractivity contribution in [3.63, 3.8) is 0 Å². The van der Waals surface area contributed by atoms with E-state index in [1.807, 2.05) is 9.58 Å². The van der Waals surface area contributed by atoms with Crippen LogP contribution in [0, 0.1) is 0 Å². The highest BCUT2D eigenvalue weighted by Crippen LogP contribution is 2.27. The van der Waals surface area contributed by atoms with Gasteiger partial charge in [-0.05, 0) is 25.7 Å². The summed E-state index contributed by atoms with van der Waals surface area (Å²) in [6.45, 7) is 2.19. The van der Waals surface area contributed by atoms with E-state index in [4.69, 9.17) is 4.42 Å². The standard InChI is InChI=1S/C14H17N5O3/c20-13(10-8-15-19-5-1-2-11(10)19)18-6-3-9(4-7-18)12-16-17-14(21)22-12/h8-9H,1-7H2,(H,17,21). The van der Waals surface area contributed by atoms with E-state index < -0.39 is 5.76 Å². The number of hydrogen-bond acceptors (Lipinski definition) is 5. The number of carbonyl (C=O) groups is 1. The van der Waals surface area contributed by atoms with Gasteiger partial charge in [-0.25, -0.2) is 9.89 Å². The van der Waals surface area contributed by atoms with Crippen molar-refractivity contribution in [1.82, 2.24) is 24.9 Å². The lowest BCUT2D eigenvalue weighted by atomic mass is 9.96. The first-order valence-corrected chi connectivity index (χ1v) is 7.62. The van der Waals surface area contributed by atoms with Gasteiger partial charge in [-0.1, -0.05) is 0 Å². The van der Waals surface area contributed by atoms with Crippen LogP contribution in [0.4, 0.5) is 0 Å². The van der Waals surface area contributed by atoms with Crippen molar-refractivity contribution in [1.29, 1.82) is 0 Å². The number of nitrogens with one attached hydrogen (secondary N) is 1. The molecule has 1 amide bonds. The molecule has 116 valence electrons. The summed E-state index contributed by atoms with van der Waals surface area (Å²) >= 11 is 0. The molecule has 8 heteroatoms. The Morgan fingerprint density at radius 3 is 2.86 bits per heavy atom. The first-order valence-electron chi connectivity index (χ1n) is 7.62. The van der Waals surface area contributed by atoms with E-state index in [1.54, 1.807) is 6.20 Å². The van der Waals surface area contributed by atoms with Crippen molar-refractivity contribution < 1.29 is 9.21 Å². The number of aromatic amines is 1. The monoisotopic (exact) mass is 303 g/mol. The molecule has 2 aliphatic heterocycles. The van der Waals surface area contributed by atoms with Crippen LogP contribution in [0.15, 0.2) is 15.4 Å². The molecule has 8 nitrogen and oxygen atoms in total. The predicted octanol–water partition coefficient (Wildman–Crippen LogP) is 0.525. The zero-order valence-electron chi connectivity index (χ0n) is 12.1. The molecular formula is C14H17N5O3. The number of H-pyrrole nitrogens is 1. The number of fused-ring (bicyclic) bond motifs is 1. The summed E-state index contributed by atoms with van der Waals surface area (Å²) in [7, 11) is 0. The minimum absolute atomic E-state index is 0.0603. The van der Waals surface area contributed by atoms with Gasteiger partial charge in [-0.15, -0.1) is 5.10 Å². The van der Waals surface area contributed by atoms with E-state index in [9.17, 15) is 9.59 Å². The SMILES string of the molecule is O=C(c1cnn2c1CCC2)N1CCC(c2n[nH]c(=O)o2)CC1. The molecule has 0 aliphatic carbocycles. The molecule has 0 saturated carbocycles. The zero-order valence-corrected chi connectivity index (χ0v) is 12.1. The fourth-order valence-corrected chi connectivity index (χ4v) is 3.36. The minimum Gasteiger partial charge on any atom is -0.392 e. The second kappa shape index (κ2) is 5.11. The highest BCUT2D eigenvalue weighted by atomic mass is 16.4. The molecule has 0 radical (unpaired) electrons. The Kier molecular flexibility index (Phi) is 3.09. The quantitative estimate of drug-likeness (QED) is 0.872. The van der Waals surface area contributed by atoms with Crippen LogP contribution in [-0.4, -0.2) is 43.9 Å². The van der Waals surface area contributed by atoms with E-state index in [1.165, 1.54) is 0 Å². The molecule has 2 aromatic rings. The molecule has 4 rings (SSSR count). The lowest BCUT2D eigenvalue weighted by Gasteiger charge is -2.30. The summed E-state index contributed by atoms with van der Waals surface area (Å²) in [6.07, 6.45) is 5.18. The van der Waals surface area contributed by atoms with Gasteiger partial charge in [0, 0.05) is 25.6 Å². The molecule has 22 heavy (non-hydrogen) atoms. The Hall–Kier alpha value is -2.38. The third-order valence-electron chi connectivity index (χ3n) is 4.55. The summed E-state index contributed by atoms with van der Waals surface area (Å²) in [6, 6.07) is 0. The van der Waals surface area contributed by atoms with Crippen molar-refractivity contribution in [2.75, 3.05) is 13.1 Å². The van der Waals surface area contributed by atoms with Crippen LogP contribution in [0.1, 0.15) is 47.1 Å². The van der Waals surface area contributed by atoms with Crippen molar-refractivity contribution in [3.8, 4) is 0 Å². The van der Waals surface area contributed by atoms with E-state index >= 15 is 0 Å². The Balaban J connectivity index is 1.45. The molecule has 1 fully saturated rings. The summed E-state index contributed by atoms with van der Waals surface area (Å²) < 4.78 is 6.94. The minimum atomic E-state index is -0.524. The average Bonchev–Trinajstić information content (AvgIpc) is 3.23. The number of likely N-dealkylation sites (tertiary alicyclic amines) is 1. The normalized spacial score (nSPS) is 18.6. The second-order valence-electron chi connectivity index (χ2n) is 5.85.